The van der Waals surface area contributed by atoms with E-state index in [1.165, 1.54) is 6.92 Å². The predicted molar refractivity (Wildman–Crippen MR) is 187 cm³/mol. The minimum Gasteiger partial charge on any atom is -0.461 e. The molecule has 0 bridgehead atoms. The number of hydrogen-bond acceptors (Lipinski definition) is 16. The van der Waals surface area contributed by atoms with Crippen LogP contribution < -0.4 is 11.6 Å². The lowest BCUT2D eigenvalue weighted by atomic mass is 9.98. The normalized spacial score (nSPS) is 11.7. The molecule has 0 aliphatic rings. The molecule has 0 aliphatic carbocycles. The lowest BCUT2D eigenvalue weighted by Gasteiger charge is -2.21. The molecule has 3 aromatic rings. The van der Waals surface area contributed by atoms with Crippen LogP contribution in [0.4, 0.5) is 4.79 Å². The fourth-order valence-electron chi connectivity index (χ4n) is 4.66. The number of aromatic nitrogens is 2. The van der Waals surface area contributed by atoms with Crippen molar-refractivity contribution in [3.63, 3.8) is 0 Å². The zero-order chi connectivity index (χ0) is 38.8. The minimum absolute atomic E-state index is 0.00148. The quantitative estimate of drug-likeness (QED) is 0.0203. The molecule has 1 heterocycles. The van der Waals surface area contributed by atoms with E-state index in [2.05, 4.69) is 19.8 Å². The van der Waals surface area contributed by atoms with E-state index >= 15 is 0 Å². The standard InChI is InChI=1S/C32H41ClN8O12/c1-3-4-10-27-36-29(33)28(31(42)49-15-7-16-51-40(44)45)38(27)21-23-11-13-24(14-12-23)25-8-5-6-9-26(25)30(34)37-39(35)22(2)53-32(43)50-19-17-48-18-20-52-41(46)47/h5-6,8-9,11-14,22H,3-4,7,10,15-21,35H2,1-2H3,(H2,34,37). The van der Waals surface area contributed by atoms with Gasteiger partial charge >= 0.3 is 12.1 Å². The SMILES string of the molecule is CCCCc1nc(Cl)c(C(=O)OCCCO[N+](=O)[O-])n1Cc1ccc(-c2ccccc2/C(N)=N/N(N)C(C)OC(=O)OCCOCCO[N+](=O)[O-])cc1. The Hall–Kier alpha value is -5.73. The molecule has 0 radical (unpaired) electrons. The molecule has 0 spiro atoms. The molecule has 21 heteroatoms. The molecule has 288 valence electrons. The van der Waals surface area contributed by atoms with Crippen molar-refractivity contribution in [3.05, 3.63) is 96.6 Å². The van der Waals surface area contributed by atoms with Gasteiger partial charge in [-0.25, -0.2) is 20.4 Å². The van der Waals surface area contributed by atoms with Gasteiger partial charge in [0.1, 0.15) is 19.0 Å². The smallest absolute Gasteiger partial charge is 0.461 e. The molecule has 0 aliphatic heterocycles. The second-order valence-corrected chi connectivity index (χ2v) is 11.4. The largest absolute Gasteiger partial charge is 0.510 e. The number of esters is 1. The summed E-state index contributed by atoms with van der Waals surface area (Å²) in [4.78, 5) is 58.3. The molecule has 0 fully saturated rings. The van der Waals surface area contributed by atoms with Crippen LogP contribution in [0.3, 0.4) is 0 Å². The highest BCUT2D eigenvalue weighted by molar-refractivity contribution is 6.32. The Kier molecular flexibility index (Phi) is 17.0. The number of hydrogen-bond donors (Lipinski definition) is 2. The van der Waals surface area contributed by atoms with Crippen molar-refractivity contribution in [1.82, 2.24) is 14.7 Å². The summed E-state index contributed by atoms with van der Waals surface area (Å²) in [6.07, 6.45) is 0.283. The second kappa shape index (κ2) is 21.6. The van der Waals surface area contributed by atoms with Gasteiger partial charge in [-0.1, -0.05) is 73.5 Å². The molecule has 1 aromatic heterocycles. The van der Waals surface area contributed by atoms with E-state index in [0.29, 0.717) is 17.8 Å². The molecule has 53 heavy (non-hydrogen) atoms. The monoisotopic (exact) mass is 764 g/mol. The number of halogens is 1. The summed E-state index contributed by atoms with van der Waals surface area (Å²) in [5.41, 5.74) is 9.31. The predicted octanol–water partition coefficient (Wildman–Crippen LogP) is 3.87. The Morgan fingerprint density at radius 2 is 1.64 bits per heavy atom. The molecule has 0 saturated carbocycles. The summed E-state index contributed by atoms with van der Waals surface area (Å²) >= 11 is 6.41. The van der Waals surface area contributed by atoms with Gasteiger partial charge in [0.2, 0.25) is 6.23 Å². The van der Waals surface area contributed by atoms with E-state index < -0.39 is 28.5 Å². The van der Waals surface area contributed by atoms with Crippen molar-refractivity contribution in [1.29, 1.82) is 0 Å². The maximum Gasteiger partial charge on any atom is 0.510 e. The molecule has 0 amide bonds. The van der Waals surface area contributed by atoms with Gasteiger partial charge < -0.3 is 38.9 Å². The molecule has 3 rings (SSSR count). The van der Waals surface area contributed by atoms with Crippen LogP contribution in [0.2, 0.25) is 5.15 Å². The Morgan fingerprint density at radius 1 is 0.962 bits per heavy atom. The average molecular weight is 765 g/mol. The fraction of sp³-hybridized carbons (Fsp3) is 0.438. The molecule has 1 atom stereocenters. The van der Waals surface area contributed by atoms with Crippen molar-refractivity contribution in [2.45, 2.75) is 52.3 Å². The van der Waals surface area contributed by atoms with Crippen LogP contribution in [0.5, 0.6) is 0 Å². The topological polar surface area (TPSA) is 261 Å². The first kappa shape index (κ1) is 41.7. The number of nitrogens with two attached hydrogens (primary N) is 2. The third-order valence-corrected chi connectivity index (χ3v) is 7.48. The number of rotatable bonds is 23. The van der Waals surface area contributed by atoms with Gasteiger partial charge in [0.15, 0.2) is 16.7 Å². The lowest BCUT2D eigenvalue weighted by Crippen LogP contribution is -2.40. The maximum absolute atomic E-state index is 13.0. The van der Waals surface area contributed by atoms with Crippen LogP contribution in [0, 0.1) is 20.2 Å². The van der Waals surface area contributed by atoms with Crippen LogP contribution in [0.25, 0.3) is 11.1 Å². The van der Waals surface area contributed by atoms with Crippen LogP contribution in [-0.2, 0) is 41.6 Å². The first-order chi connectivity index (χ1) is 25.4. The van der Waals surface area contributed by atoms with Crippen molar-refractivity contribution >= 4 is 29.6 Å². The number of unbranched alkanes of at least 4 members (excludes halogenated alkanes) is 1. The molecule has 1 unspecified atom stereocenters. The summed E-state index contributed by atoms with van der Waals surface area (Å²) < 4.78 is 22.1. The summed E-state index contributed by atoms with van der Waals surface area (Å²) in [5.74, 6) is 5.95. The van der Waals surface area contributed by atoms with Crippen molar-refractivity contribution in [3.8, 4) is 11.1 Å². The zero-order valence-electron chi connectivity index (χ0n) is 29.1. The fourth-order valence-corrected chi connectivity index (χ4v) is 4.94. The van der Waals surface area contributed by atoms with Gasteiger partial charge in [-0.05, 0) is 30.0 Å². The number of nitrogens with zero attached hydrogens (tertiary/aromatic N) is 6. The summed E-state index contributed by atoms with van der Waals surface area (Å²) in [5, 5.41) is 23.7. The van der Waals surface area contributed by atoms with E-state index in [1.54, 1.807) is 16.7 Å². The number of hydrazone groups is 1. The molecular formula is C32H41ClN8O12. The average Bonchev–Trinajstić information content (AvgIpc) is 3.43. The summed E-state index contributed by atoms with van der Waals surface area (Å²) in [6.45, 7) is 2.87. The maximum atomic E-state index is 13.0. The third kappa shape index (κ3) is 13.7. The van der Waals surface area contributed by atoms with Crippen LogP contribution >= 0.6 is 11.6 Å². The number of carbonyl (C=O) groups excluding carboxylic acids is 2. The lowest BCUT2D eigenvalue weighted by molar-refractivity contribution is -0.758. The highest BCUT2D eigenvalue weighted by atomic mass is 35.5. The summed E-state index contributed by atoms with van der Waals surface area (Å²) in [6, 6.07) is 14.7. The van der Waals surface area contributed by atoms with Crippen molar-refractivity contribution in [2.75, 3.05) is 39.6 Å². The van der Waals surface area contributed by atoms with E-state index in [0.717, 1.165) is 34.6 Å². The Balaban J connectivity index is 1.68. The number of aryl methyl sites for hydroxylation is 1. The van der Waals surface area contributed by atoms with E-state index in [9.17, 15) is 29.8 Å². The highest BCUT2D eigenvalue weighted by Crippen LogP contribution is 2.26. The van der Waals surface area contributed by atoms with Crippen LogP contribution in [0.15, 0.2) is 53.6 Å². The van der Waals surface area contributed by atoms with Crippen LogP contribution in [0.1, 0.15) is 60.5 Å². The van der Waals surface area contributed by atoms with Gasteiger partial charge in [-0.15, -0.1) is 25.3 Å². The first-order valence-electron chi connectivity index (χ1n) is 16.4. The number of imidazole rings is 1. The number of hydrazine groups is 1. The van der Waals surface area contributed by atoms with Gasteiger partial charge in [0.25, 0.3) is 10.2 Å². The molecular weight excluding hydrogens is 724 g/mol. The minimum atomic E-state index is -1.08. The van der Waals surface area contributed by atoms with Crippen molar-refractivity contribution < 1.29 is 48.4 Å². The van der Waals surface area contributed by atoms with Crippen molar-refractivity contribution in [2.24, 2.45) is 16.7 Å². The Bertz CT molecular complexity index is 1710. The highest BCUT2D eigenvalue weighted by Gasteiger charge is 2.24. The van der Waals surface area contributed by atoms with Gasteiger partial charge in [0.05, 0.1) is 26.4 Å². The van der Waals surface area contributed by atoms with Crippen LogP contribution in [-0.4, -0.2) is 88.7 Å². The zero-order valence-corrected chi connectivity index (χ0v) is 29.8. The van der Waals surface area contributed by atoms with Gasteiger partial charge in [0, 0.05) is 24.9 Å². The number of amidine groups is 1. The van der Waals surface area contributed by atoms with Gasteiger partial charge in [-0.2, -0.15) is 5.12 Å². The molecule has 4 N–H and O–H groups in total. The third-order valence-electron chi connectivity index (χ3n) is 7.21. The Morgan fingerprint density at radius 3 is 2.34 bits per heavy atom. The number of benzene rings is 2. The van der Waals surface area contributed by atoms with E-state index in [-0.39, 0.29) is 69.3 Å². The second-order valence-electron chi connectivity index (χ2n) is 11.0. The number of ether oxygens (including phenoxy) is 4. The first-order valence-corrected chi connectivity index (χ1v) is 16.7. The number of carbonyl (C=O) groups is 2. The van der Waals surface area contributed by atoms with E-state index in [1.807, 2.05) is 43.3 Å². The molecule has 0 saturated heterocycles. The molecule has 2 aromatic carbocycles. The molecule has 20 nitrogen and oxygen atoms in total. The van der Waals surface area contributed by atoms with E-state index in [4.69, 9.17) is 42.1 Å². The van der Waals surface area contributed by atoms with Gasteiger partial charge in [-0.3, -0.25) is 0 Å². The summed E-state index contributed by atoms with van der Waals surface area (Å²) in [7, 11) is 0. The Labute approximate surface area is 308 Å².